The van der Waals surface area contributed by atoms with E-state index in [1.807, 2.05) is 12.1 Å². The average molecular weight is 448 g/mol. The Bertz CT molecular complexity index is 1330. The summed E-state index contributed by atoms with van der Waals surface area (Å²) in [5, 5.41) is 2.82. The zero-order valence-electron chi connectivity index (χ0n) is 17.3. The number of nitrogens with zero attached hydrogens (tertiary/aromatic N) is 1. The van der Waals surface area contributed by atoms with E-state index in [9.17, 15) is 22.8 Å². The second kappa shape index (κ2) is 9.16. The molecule has 0 fully saturated rings. The summed E-state index contributed by atoms with van der Waals surface area (Å²) < 4.78 is 40.2. The zero-order valence-corrected chi connectivity index (χ0v) is 17.3. The number of rotatable bonds is 5. The lowest BCUT2D eigenvalue weighted by atomic mass is 9.98. The molecule has 3 aromatic carbocycles. The quantitative estimate of drug-likeness (QED) is 0.417. The highest BCUT2D eigenvalue weighted by Gasteiger charge is 2.30. The molecule has 4 aromatic rings. The Morgan fingerprint density at radius 2 is 1.48 bits per heavy atom. The van der Waals surface area contributed by atoms with Gasteiger partial charge in [0.1, 0.15) is 0 Å². The first kappa shape index (κ1) is 22.1. The van der Waals surface area contributed by atoms with Gasteiger partial charge in [0.05, 0.1) is 12.1 Å². The van der Waals surface area contributed by atoms with Crippen LogP contribution in [0.15, 0.2) is 102 Å². The zero-order chi connectivity index (χ0) is 23.4. The molecule has 33 heavy (non-hydrogen) atoms. The predicted molar refractivity (Wildman–Crippen MR) is 121 cm³/mol. The lowest BCUT2D eigenvalue weighted by Gasteiger charge is -2.12. The van der Waals surface area contributed by atoms with Crippen LogP contribution in [-0.4, -0.2) is 10.5 Å². The fourth-order valence-electron chi connectivity index (χ4n) is 3.45. The number of aromatic nitrogens is 1. The van der Waals surface area contributed by atoms with E-state index in [4.69, 9.17) is 0 Å². The number of alkyl halides is 3. The van der Waals surface area contributed by atoms with E-state index in [2.05, 4.69) is 5.32 Å². The third-order valence-electron chi connectivity index (χ3n) is 5.16. The SMILES string of the molecule is O=C(Nc1ccc(Cn2ccccc2=O)cc1)c1ccccc1-c1ccc(C(F)(F)F)cc1. The lowest BCUT2D eigenvalue weighted by Crippen LogP contribution is -2.18. The van der Waals surface area contributed by atoms with E-state index >= 15 is 0 Å². The van der Waals surface area contributed by atoms with E-state index in [0.29, 0.717) is 28.9 Å². The Balaban J connectivity index is 1.51. The number of benzene rings is 3. The minimum absolute atomic E-state index is 0.102. The third kappa shape index (κ3) is 5.20. The Hall–Kier alpha value is -4.13. The normalized spacial score (nSPS) is 11.2. The number of carbonyl (C=O) groups is 1. The van der Waals surface area contributed by atoms with E-state index in [-0.39, 0.29) is 11.5 Å². The van der Waals surface area contributed by atoms with Crippen molar-refractivity contribution in [2.45, 2.75) is 12.7 Å². The van der Waals surface area contributed by atoms with Gasteiger partial charge in [-0.1, -0.05) is 48.5 Å². The van der Waals surface area contributed by atoms with Crippen molar-refractivity contribution >= 4 is 11.6 Å². The highest BCUT2D eigenvalue weighted by Crippen LogP contribution is 2.32. The fourth-order valence-corrected chi connectivity index (χ4v) is 3.45. The summed E-state index contributed by atoms with van der Waals surface area (Å²) in [7, 11) is 0. The third-order valence-corrected chi connectivity index (χ3v) is 5.16. The Morgan fingerprint density at radius 1 is 0.818 bits per heavy atom. The molecule has 0 saturated carbocycles. The van der Waals surface area contributed by atoms with Crippen molar-refractivity contribution in [3.8, 4) is 11.1 Å². The van der Waals surface area contributed by atoms with E-state index in [0.717, 1.165) is 17.7 Å². The highest BCUT2D eigenvalue weighted by atomic mass is 19.4. The topological polar surface area (TPSA) is 51.1 Å². The first-order chi connectivity index (χ1) is 15.8. The van der Waals surface area contributed by atoms with Gasteiger partial charge in [0, 0.05) is 23.5 Å². The van der Waals surface area contributed by atoms with Gasteiger partial charge in [-0.2, -0.15) is 13.2 Å². The molecule has 0 atom stereocenters. The predicted octanol–water partition coefficient (Wildman–Crippen LogP) is 5.83. The van der Waals surface area contributed by atoms with Gasteiger partial charge in [0.2, 0.25) is 0 Å². The van der Waals surface area contributed by atoms with Crippen LogP contribution in [0.25, 0.3) is 11.1 Å². The van der Waals surface area contributed by atoms with Crippen LogP contribution in [0.4, 0.5) is 18.9 Å². The van der Waals surface area contributed by atoms with E-state index < -0.39 is 11.7 Å². The van der Waals surface area contributed by atoms with Crippen LogP contribution < -0.4 is 10.9 Å². The van der Waals surface area contributed by atoms with Crippen molar-refractivity contribution in [1.82, 2.24) is 4.57 Å². The molecule has 0 aliphatic rings. The number of halogens is 3. The summed E-state index contributed by atoms with van der Waals surface area (Å²) in [5.74, 6) is -0.377. The number of pyridine rings is 1. The molecule has 4 rings (SSSR count). The lowest BCUT2D eigenvalue weighted by molar-refractivity contribution is -0.137. The molecular formula is C26H19F3N2O2. The number of carbonyl (C=O) groups excluding carboxylic acids is 1. The molecule has 4 nitrogen and oxygen atoms in total. The number of hydrogen-bond donors (Lipinski definition) is 1. The Labute approximate surface area is 187 Å². The smallest absolute Gasteiger partial charge is 0.322 e. The van der Waals surface area contributed by atoms with Crippen molar-refractivity contribution in [3.05, 3.63) is 124 Å². The highest BCUT2D eigenvalue weighted by molar-refractivity contribution is 6.08. The molecule has 7 heteroatoms. The summed E-state index contributed by atoms with van der Waals surface area (Å²) in [6, 6.07) is 23.5. The summed E-state index contributed by atoms with van der Waals surface area (Å²) in [6.07, 6.45) is -2.72. The number of amides is 1. The molecule has 1 amide bonds. The molecule has 0 aliphatic carbocycles. The maximum Gasteiger partial charge on any atom is 0.416 e. The van der Waals surface area contributed by atoms with Crippen LogP contribution in [0, 0.1) is 0 Å². The Kier molecular flexibility index (Phi) is 6.13. The minimum atomic E-state index is -4.42. The standard InChI is InChI=1S/C26H19F3N2O2/c27-26(28,29)20-12-10-19(11-13-20)22-5-1-2-6-23(22)25(33)30-21-14-8-18(9-15-21)17-31-16-4-3-7-24(31)32/h1-16H,17H2,(H,30,33). The Morgan fingerprint density at radius 3 is 2.15 bits per heavy atom. The molecule has 1 N–H and O–H groups in total. The van der Waals surface area contributed by atoms with Gasteiger partial charge in [-0.3, -0.25) is 9.59 Å². The fraction of sp³-hybridized carbons (Fsp3) is 0.0769. The maximum atomic E-state index is 12.9. The van der Waals surface area contributed by atoms with Crippen LogP contribution in [0.1, 0.15) is 21.5 Å². The molecule has 1 heterocycles. The number of hydrogen-bond acceptors (Lipinski definition) is 2. The van der Waals surface area contributed by atoms with Crippen LogP contribution >= 0.6 is 0 Å². The van der Waals surface area contributed by atoms with Gasteiger partial charge < -0.3 is 9.88 Å². The van der Waals surface area contributed by atoms with Gasteiger partial charge in [-0.15, -0.1) is 0 Å². The van der Waals surface area contributed by atoms with E-state index in [1.165, 1.54) is 18.2 Å². The second-order valence-corrected chi connectivity index (χ2v) is 7.44. The molecule has 166 valence electrons. The van der Waals surface area contributed by atoms with Crippen LogP contribution in [0.3, 0.4) is 0 Å². The largest absolute Gasteiger partial charge is 0.416 e. The molecule has 0 aliphatic heterocycles. The maximum absolute atomic E-state index is 12.9. The first-order valence-corrected chi connectivity index (χ1v) is 10.1. The van der Waals surface area contributed by atoms with Crippen LogP contribution in [0.5, 0.6) is 0 Å². The molecule has 0 radical (unpaired) electrons. The van der Waals surface area contributed by atoms with Crippen LogP contribution in [0.2, 0.25) is 0 Å². The summed E-state index contributed by atoms with van der Waals surface area (Å²) in [4.78, 5) is 24.8. The average Bonchev–Trinajstić information content (AvgIpc) is 2.81. The molecule has 0 saturated heterocycles. The van der Waals surface area contributed by atoms with E-state index in [1.54, 1.807) is 59.3 Å². The summed E-state index contributed by atoms with van der Waals surface area (Å²) in [6.45, 7) is 0.407. The molecule has 0 spiro atoms. The minimum Gasteiger partial charge on any atom is -0.322 e. The molecule has 0 bridgehead atoms. The monoisotopic (exact) mass is 448 g/mol. The molecule has 0 unspecified atom stereocenters. The summed E-state index contributed by atoms with van der Waals surface area (Å²) >= 11 is 0. The van der Waals surface area contributed by atoms with Gasteiger partial charge >= 0.3 is 6.18 Å². The second-order valence-electron chi connectivity index (χ2n) is 7.44. The van der Waals surface area contributed by atoms with Gasteiger partial charge in [-0.25, -0.2) is 0 Å². The van der Waals surface area contributed by atoms with Crippen molar-refractivity contribution in [1.29, 1.82) is 0 Å². The van der Waals surface area contributed by atoms with Crippen molar-refractivity contribution in [2.75, 3.05) is 5.32 Å². The van der Waals surface area contributed by atoms with Gasteiger partial charge in [0.25, 0.3) is 11.5 Å². The summed E-state index contributed by atoms with van der Waals surface area (Å²) in [5.41, 5.74) is 2.00. The van der Waals surface area contributed by atoms with Gasteiger partial charge in [0.15, 0.2) is 0 Å². The van der Waals surface area contributed by atoms with Crippen molar-refractivity contribution in [3.63, 3.8) is 0 Å². The number of anilines is 1. The van der Waals surface area contributed by atoms with Crippen LogP contribution in [-0.2, 0) is 12.7 Å². The van der Waals surface area contributed by atoms with Gasteiger partial charge in [-0.05, 0) is 53.1 Å². The van der Waals surface area contributed by atoms with Crippen molar-refractivity contribution < 1.29 is 18.0 Å². The molecule has 1 aromatic heterocycles. The number of nitrogens with one attached hydrogen (secondary N) is 1. The molecular weight excluding hydrogens is 429 g/mol. The first-order valence-electron chi connectivity index (χ1n) is 10.1. The van der Waals surface area contributed by atoms with Crippen molar-refractivity contribution in [2.24, 2.45) is 0 Å².